The molecule has 1 atom stereocenters. The number of amides is 1. The van der Waals surface area contributed by atoms with E-state index < -0.39 is 45.9 Å². The molecule has 0 unspecified atom stereocenters. The molecule has 0 saturated carbocycles. The molecule has 32 heavy (non-hydrogen) atoms. The van der Waals surface area contributed by atoms with E-state index in [0.29, 0.717) is 6.07 Å². The zero-order valence-corrected chi connectivity index (χ0v) is 17.5. The van der Waals surface area contributed by atoms with Gasteiger partial charge in [-0.15, -0.1) is 0 Å². The van der Waals surface area contributed by atoms with Crippen molar-refractivity contribution in [2.24, 2.45) is 0 Å². The molecule has 0 saturated heterocycles. The van der Waals surface area contributed by atoms with Crippen molar-refractivity contribution < 1.29 is 41.9 Å². The first kappa shape index (κ1) is 24.7. The lowest BCUT2D eigenvalue weighted by atomic mass is 10.1. The third kappa shape index (κ3) is 5.58. The number of rotatable bonds is 7. The third-order valence-corrected chi connectivity index (χ3v) is 4.45. The summed E-state index contributed by atoms with van der Waals surface area (Å²) in [6, 6.07) is 4.26. The number of esters is 1. The second-order valence-electron chi connectivity index (χ2n) is 6.21. The van der Waals surface area contributed by atoms with Gasteiger partial charge < -0.3 is 19.5 Å². The van der Waals surface area contributed by atoms with Crippen LogP contribution in [0.15, 0.2) is 30.3 Å². The SMILES string of the molecule is COc1cc(C(=O)O[C@@H](C)C(=O)Nc2cc(C(F)(F)F)ccc2Cl)c([N+](=O)[O-])cc1OC. The second kappa shape index (κ2) is 9.73. The number of carbonyl (C=O) groups is 2. The Bertz CT molecular complexity index is 1060. The van der Waals surface area contributed by atoms with E-state index in [-0.39, 0.29) is 22.2 Å². The molecular weight excluding hydrogens is 461 g/mol. The van der Waals surface area contributed by atoms with Gasteiger partial charge in [0.15, 0.2) is 17.6 Å². The van der Waals surface area contributed by atoms with Gasteiger partial charge in [-0.05, 0) is 25.1 Å². The van der Waals surface area contributed by atoms with E-state index in [1.165, 1.54) is 14.2 Å². The third-order valence-electron chi connectivity index (χ3n) is 4.12. The fourth-order valence-electron chi connectivity index (χ4n) is 2.49. The van der Waals surface area contributed by atoms with Crippen molar-refractivity contribution in [2.75, 3.05) is 19.5 Å². The van der Waals surface area contributed by atoms with Gasteiger partial charge in [0, 0.05) is 6.07 Å². The number of hydrogen-bond acceptors (Lipinski definition) is 7. The number of hydrogen-bond donors (Lipinski definition) is 1. The summed E-state index contributed by atoms with van der Waals surface area (Å²) < 4.78 is 53.5. The van der Waals surface area contributed by atoms with E-state index in [4.69, 9.17) is 25.8 Å². The van der Waals surface area contributed by atoms with Crippen LogP contribution in [-0.4, -0.2) is 37.1 Å². The molecule has 9 nitrogen and oxygen atoms in total. The first-order valence-corrected chi connectivity index (χ1v) is 9.05. The van der Waals surface area contributed by atoms with Gasteiger partial charge in [0.05, 0.1) is 41.5 Å². The summed E-state index contributed by atoms with van der Waals surface area (Å²) in [6.07, 6.45) is -6.21. The highest BCUT2D eigenvalue weighted by atomic mass is 35.5. The highest BCUT2D eigenvalue weighted by Gasteiger charge is 2.32. The maximum atomic E-state index is 12.9. The molecule has 172 valence electrons. The van der Waals surface area contributed by atoms with Crippen LogP contribution in [0, 0.1) is 10.1 Å². The molecule has 0 aliphatic carbocycles. The van der Waals surface area contributed by atoms with Crippen LogP contribution >= 0.6 is 11.6 Å². The Hall–Kier alpha value is -3.54. The Morgan fingerprint density at radius 2 is 1.72 bits per heavy atom. The van der Waals surface area contributed by atoms with Gasteiger partial charge in [0.2, 0.25) is 0 Å². The standard InChI is InChI=1S/C19H16ClF3N2O7/c1-9(17(26)24-13-6-10(19(21,22)23)4-5-12(13)20)32-18(27)11-7-15(30-2)16(31-3)8-14(11)25(28)29/h4-9H,1-3H3,(H,24,26)/t9-/m0/s1. The van der Waals surface area contributed by atoms with Crippen LogP contribution in [0.4, 0.5) is 24.5 Å². The van der Waals surface area contributed by atoms with Gasteiger partial charge in [-0.1, -0.05) is 11.6 Å². The first-order chi connectivity index (χ1) is 14.9. The molecule has 2 aromatic rings. The van der Waals surface area contributed by atoms with Crippen LogP contribution in [0.2, 0.25) is 5.02 Å². The van der Waals surface area contributed by atoms with Crippen molar-refractivity contribution in [1.82, 2.24) is 0 Å². The Kier molecular flexibility index (Phi) is 7.52. The Labute approximate surface area is 184 Å². The minimum Gasteiger partial charge on any atom is -0.493 e. The Morgan fingerprint density at radius 3 is 2.25 bits per heavy atom. The molecule has 1 amide bonds. The van der Waals surface area contributed by atoms with E-state index in [0.717, 1.165) is 31.2 Å². The lowest BCUT2D eigenvalue weighted by Gasteiger charge is -2.16. The number of methoxy groups -OCH3 is 2. The first-order valence-electron chi connectivity index (χ1n) is 8.68. The minimum absolute atomic E-state index is 0.00194. The van der Waals surface area contributed by atoms with Crippen molar-refractivity contribution in [3.05, 3.63) is 56.6 Å². The summed E-state index contributed by atoms with van der Waals surface area (Å²) in [4.78, 5) is 35.3. The summed E-state index contributed by atoms with van der Waals surface area (Å²) in [5.41, 5.74) is -2.60. The van der Waals surface area contributed by atoms with Gasteiger partial charge in [0.25, 0.3) is 11.6 Å². The van der Waals surface area contributed by atoms with E-state index in [1.807, 2.05) is 0 Å². The fourth-order valence-corrected chi connectivity index (χ4v) is 2.66. The minimum atomic E-state index is -4.67. The van der Waals surface area contributed by atoms with Crippen LogP contribution < -0.4 is 14.8 Å². The van der Waals surface area contributed by atoms with Crippen LogP contribution in [0.3, 0.4) is 0 Å². The van der Waals surface area contributed by atoms with Crippen molar-refractivity contribution >= 4 is 34.9 Å². The quantitative estimate of drug-likeness (QED) is 0.356. The predicted molar refractivity (Wildman–Crippen MR) is 106 cm³/mol. The largest absolute Gasteiger partial charge is 0.493 e. The monoisotopic (exact) mass is 476 g/mol. The summed E-state index contributed by atoms with van der Waals surface area (Å²) in [5, 5.41) is 13.3. The van der Waals surface area contributed by atoms with Gasteiger partial charge in [-0.25, -0.2) is 4.79 Å². The van der Waals surface area contributed by atoms with Crippen LogP contribution in [0.5, 0.6) is 11.5 Å². The predicted octanol–water partition coefficient (Wildman–Crippen LogP) is 4.47. The maximum Gasteiger partial charge on any atom is 0.416 e. The molecular formula is C19H16ClF3N2O7. The number of halogens is 4. The summed E-state index contributed by atoms with van der Waals surface area (Å²) in [7, 11) is 2.48. The van der Waals surface area contributed by atoms with Gasteiger partial charge >= 0.3 is 12.1 Å². The average Bonchev–Trinajstić information content (AvgIpc) is 2.72. The number of nitrogens with one attached hydrogen (secondary N) is 1. The van der Waals surface area contributed by atoms with Crippen molar-refractivity contribution in [3.63, 3.8) is 0 Å². The van der Waals surface area contributed by atoms with E-state index in [9.17, 15) is 32.9 Å². The molecule has 0 spiro atoms. The van der Waals surface area contributed by atoms with Gasteiger partial charge in [0.1, 0.15) is 5.56 Å². The number of nitrogens with zero attached hydrogens (tertiary/aromatic N) is 1. The number of benzene rings is 2. The normalized spacial score (nSPS) is 12.0. The molecule has 13 heteroatoms. The van der Waals surface area contributed by atoms with Crippen LogP contribution in [0.1, 0.15) is 22.8 Å². The number of carbonyl (C=O) groups excluding carboxylic acids is 2. The molecule has 2 aromatic carbocycles. The number of anilines is 1. The van der Waals surface area contributed by atoms with Gasteiger partial charge in [-0.2, -0.15) is 13.2 Å². The number of ether oxygens (including phenoxy) is 3. The number of alkyl halides is 3. The summed E-state index contributed by atoms with van der Waals surface area (Å²) >= 11 is 5.82. The topological polar surface area (TPSA) is 117 Å². The number of nitro benzene ring substituents is 1. The zero-order valence-electron chi connectivity index (χ0n) is 16.8. The molecule has 0 heterocycles. The van der Waals surface area contributed by atoms with E-state index >= 15 is 0 Å². The average molecular weight is 477 g/mol. The smallest absolute Gasteiger partial charge is 0.416 e. The fraction of sp³-hybridized carbons (Fsp3) is 0.263. The van der Waals surface area contributed by atoms with Gasteiger partial charge in [-0.3, -0.25) is 14.9 Å². The van der Waals surface area contributed by atoms with E-state index in [2.05, 4.69) is 5.32 Å². The van der Waals surface area contributed by atoms with Crippen molar-refractivity contribution in [3.8, 4) is 11.5 Å². The maximum absolute atomic E-state index is 12.9. The van der Waals surface area contributed by atoms with Crippen LogP contribution in [0.25, 0.3) is 0 Å². The Morgan fingerprint density at radius 1 is 1.12 bits per heavy atom. The van der Waals surface area contributed by atoms with Crippen molar-refractivity contribution in [2.45, 2.75) is 19.2 Å². The molecule has 0 aliphatic heterocycles. The number of nitro groups is 1. The van der Waals surface area contributed by atoms with Crippen molar-refractivity contribution in [1.29, 1.82) is 0 Å². The lowest BCUT2D eigenvalue weighted by Crippen LogP contribution is -2.30. The van der Waals surface area contributed by atoms with E-state index in [1.54, 1.807) is 0 Å². The second-order valence-corrected chi connectivity index (χ2v) is 6.62. The molecule has 2 rings (SSSR count). The molecule has 1 N–H and O–H groups in total. The Balaban J connectivity index is 2.25. The molecule has 0 bridgehead atoms. The molecule has 0 radical (unpaired) electrons. The zero-order chi connectivity index (χ0) is 24.2. The summed E-state index contributed by atoms with van der Waals surface area (Å²) in [5.74, 6) is -2.27. The molecule has 0 fully saturated rings. The highest BCUT2D eigenvalue weighted by molar-refractivity contribution is 6.33. The summed E-state index contributed by atoms with van der Waals surface area (Å²) in [6.45, 7) is 1.13. The van der Waals surface area contributed by atoms with Crippen LogP contribution in [-0.2, 0) is 15.7 Å². The lowest BCUT2D eigenvalue weighted by molar-refractivity contribution is -0.385. The molecule has 0 aromatic heterocycles. The molecule has 0 aliphatic rings. The highest BCUT2D eigenvalue weighted by Crippen LogP contribution is 2.36.